The van der Waals surface area contributed by atoms with Crippen molar-refractivity contribution < 1.29 is 13.2 Å². The Morgan fingerprint density at radius 1 is 1.42 bits per heavy atom. The molecule has 0 spiro atoms. The molecule has 0 aliphatic carbocycles. The first-order valence-electron chi connectivity index (χ1n) is 6.47. The van der Waals surface area contributed by atoms with Crippen molar-refractivity contribution in [3.8, 4) is 0 Å². The van der Waals surface area contributed by atoms with Crippen molar-refractivity contribution in [2.24, 2.45) is 0 Å². The number of aryl methyl sites for hydroxylation is 1. The molecule has 1 aliphatic heterocycles. The fourth-order valence-corrected chi connectivity index (χ4v) is 4.14. The second kappa shape index (κ2) is 4.80. The van der Waals surface area contributed by atoms with Gasteiger partial charge in [0.05, 0.1) is 28.0 Å². The highest BCUT2D eigenvalue weighted by Gasteiger charge is 2.35. The van der Waals surface area contributed by atoms with Gasteiger partial charge in [0.15, 0.2) is 9.84 Å². The molecule has 1 aromatic rings. The third-order valence-electron chi connectivity index (χ3n) is 3.58. The van der Waals surface area contributed by atoms with Crippen LogP contribution in [0.15, 0.2) is 23.1 Å². The molecule has 1 atom stereocenters. The third-order valence-corrected chi connectivity index (χ3v) is 5.42. The number of benzene rings is 1. The first-order chi connectivity index (χ1) is 8.71. The van der Waals surface area contributed by atoms with E-state index >= 15 is 0 Å². The molecule has 5 heteroatoms. The summed E-state index contributed by atoms with van der Waals surface area (Å²) < 4.78 is 30.6. The van der Waals surface area contributed by atoms with Crippen LogP contribution in [0.5, 0.6) is 0 Å². The van der Waals surface area contributed by atoms with E-state index in [1.807, 2.05) is 26.8 Å². The largest absolute Gasteiger partial charge is 0.397 e. The summed E-state index contributed by atoms with van der Waals surface area (Å²) in [5, 5.41) is 0. The molecule has 1 aromatic carbocycles. The molecule has 1 aliphatic rings. The summed E-state index contributed by atoms with van der Waals surface area (Å²) in [6, 6.07) is 5.10. The van der Waals surface area contributed by atoms with E-state index in [1.54, 1.807) is 12.1 Å². The van der Waals surface area contributed by atoms with Gasteiger partial charge in [0.25, 0.3) is 0 Å². The van der Waals surface area contributed by atoms with Gasteiger partial charge >= 0.3 is 0 Å². The number of para-hydroxylation sites is 1. The number of rotatable bonds is 3. The maximum Gasteiger partial charge on any atom is 0.182 e. The molecule has 4 nitrogen and oxygen atoms in total. The Labute approximate surface area is 114 Å². The van der Waals surface area contributed by atoms with Gasteiger partial charge in [-0.25, -0.2) is 8.42 Å². The van der Waals surface area contributed by atoms with Crippen molar-refractivity contribution in [2.75, 3.05) is 11.5 Å². The topological polar surface area (TPSA) is 69.4 Å². The van der Waals surface area contributed by atoms with E-state index in [-0.39, 0.29) is 22.4 Å². The Kier molecular flexibility index (Phi) is 3.62. The molecule has 106 valence electrons. The quantitative estimate of drug-likeness (QED) is 0.864. The second-order valence-corrected chi connectivity index (χ2v) is 7.81. The summed E-state index contributed by atoms with van der Waals surface area (Å²) in [5.41, 5.74) is 6.79. The summed E-state index contributed by atoms with van der Waals surface area (Å²) in [6.45, 7) is 5.78. The number of hydrogen-bond acceptors (Lipinski definition) is 4. The lowest BCUT2D eigenvalue weighted by Gasteiger charge is -2.19. The van der Waals surface area contributed by atoms with Gasteiger partial charge in [0.1, 0.15) is 0 Å². The maximum atomic E-state index is 12.4. The van der Waals surface area contributed by atoms with E-state index in [2.05, 4.69) is 0 Å². The molecule has 0 aromatic heterocycles. The van der Waals surface area contributed by atoms with Crippen molar-refractivity contribution >= 4 is 15.5 Å². The van der Waals surface area contributed by atoms with Gasteiger partial charge in [0, 0.05) is 0 Å². The molecular weight excluding hydrogens is 262 g/mol. The Balaban J connectivity index is 2.22. The van der Waals surface area contributed by atoms with E-state index in [4.69, 9.17) is 10.5 Å². The van der Waals surface area contributed by atoms with Crippen molar-refractivity contribution in [2.45, 2.75) is 50.2 Å². The van der Waals surface area contributed by atoms with Crippen LogP contribution < -0.4 is 5.73 Å². The summed E-state index contributed by atoms with van der Waals surface area (Å²) >= 11 is 0. The van der Waals surface area contributed by atoms with Crippen LogP contribution in [0.2, 0.25) is 0 Å². The zero-order valence-corrected chi connectivity index (χ0v) is 12.5. The van der Waals surface area contributed by atoms with Gasteiger partial charge in [-0.05, 0) is 45.2 Å². The van der Waals surface area contributed by atoms with Crippen LogP contribution in [-0.2, 0) is 14.6 Å². The van der Waals surface area contributed by atoms with Gasteiger partial charge in [-0.15, -0.1) is 0 Å². The minimum Gasteiger partial charge on any atom is -0.397 e. The van der Waals surface area contributed by atoms with Crippen molar-refractivity contribution in [1.29, 1.82) is 0 Å². The van der Waals surface area contributed by atoms with Gasteiger partial charge in [-0.3, -0.25) is 0 Å². The highest BCUT2D eigenvalue weighted by Crippen LogP contribution is 2.32. The van der Waals surface area contributed by atoms with Crippen LogP contribution in [0, 0.1) is 6.92 Å². The Morgan fingerprint density at radius 2 is 2.11 bits per heavy atom. The molecule has 1 saturated heterocycles. The van der Waals surface area contributed by atoms with E-state index in [0.717, 1.165) is 18.4 Å². The number of anilines is 1. The smallest absolute Gasteiger partial charge is 0.182 e. The van der Waals surface area contributed by atoms with Crippen LogP contribution >= 0.6 is 0 Å². The summed E-state index contributed by atoms with van der Waals surface area (Å²) in [7, 11) is -3.40. The molecule has 2 rings (SSSR count). The fraction of sp³-hybridized carbons (Fsp3) is 0.571. The average molecular weight is 283 g/mol. The highest BCUT2D eigenvalue weighted by atomic mass is 32.2. The monoisotopic (exact) mass is 283 g/mol. The van der Waals surface area contributed by atoms with E-state index in [1.165, 1.54) is 0 Å². The van der Waals surface area contributed by atoms with Crippen LogP contribution in [-0.4, -0.2) is 25.9 Å². The molecule has 0 bridgehead atoms. The molecule has 1 heterocycles. The first kappa shape index (κ1) is 14.3. The van der Waals surface area contributed by atoms with Crippen LogP contribution in [0.4, 0.5) is 5.69 Å². The molecular formula is C14H21NO3S. The van der Waals surface area contributed by atoms with Crippen molar-refractivity contribution in [3.63, 3.8) is 0 Å². The molecule has 0 radical (unpaired) electrons. The zero-order valence-electron chi connectivity index (χ0n) is 11.6. The Hall–Kier alpha value is -1.07. The van der Waals surface area contributed by atoms with E-state index in [9.17, 15) is 8.42 Å². The van der Waals surface area contributed by atoms with Crippen LogP contribution in [0.1, 0.15) is 32.3 Å². The minimum atomic E-state index is -3.40. The lowest BCUT2D eigenvalue weighted by atomic mass is 10.1. The Bertz CT molecular complexity index is 578. The number of nitrogens with two attached hydrogens (primary N) is 1. The normalized spacial score (nSPS) is 22.6. The minimum absolute atomic E-state index is 0.00405. The molecule has 0 saturated carbocycles. The molecule has 2 N–H and O–H groups in total. The predicted octanol–water partition coefficient (Wildman–Crippen LogP) is 2.31. The number of ether oxygens (including phenoxy) is 1. The van der Waals surface area contributed by atoms with E-state index < -0.39 is 9.84 Å². The van der Waals surface area contributed by atoms with Crippen LogP contribution in [0.3, 0.4) is 0 Å². The number of nitrogen functional groups attached to an aromatic ring is 1. The van der Waals surface area contributed by atoms with Gasteiger partial charge < -0.3 is 10.5 Å². The van der Waals surface area contributed by atoms with Crippen molar-refractivity contribution in [1.82, 2.24) is 0 Å². The number of sulfone groups is 1. The van der Waals surface area contributed by atoms with Crippen molar-refractivity contribution in [3.05, 3.63) is 23.8 Å². The molecule has 1 unspecified atom stereocenters. The zero-order chi connectivity index (χ0) is 14.3. The molecule has 19 heavy (non-hydrogen) atoms. The second-order valence-electron chi connectivity index (χ2n) is 5.81. The maximum absolute atomic E-state index is 12.4. The fourth-order valence-electron chi connectivity index (χ4n) is 2.45. The Morgan fingerprint density at radius 3 is 2.68 bits per heavy atom. The lowest BCUT2D eigenvalue weighted by molar-refractivity contribution is -0.00527. The van der Waals surface area contributed by atoms with Gasteiger partial charge in [-0.2, -0.15) is 0 Å². The first-order valence-corrected chi connectivity index (χ1v) is 8.12. The average Bonchev–Trinajstić information content (AvgIpc) is 2.61. The third kappa shape index (κ3) is 3.09. The lowest BCUT2D eigenvalue weighted by Crippen LogP contribution is -2.26. The molecule has 1 fully saturated rings. The van der Waals surface area contributed by atoms with E-state index in [0.29, 0.717) is 5.69 Å². The van der Waals surface area contributed by atoms with Gasteiger partial charge in [-0.1, -0.05) is 12.1 Å². The van der Waals surface area contributed by atoms with Crippen LogP contribution in [0.25, 0.3) is 0 Å². The summed E-state index contributed by atoms with van der Waals surface area (Å²) in [5.74, 6) is 0.00405. The SMILES string of the molecule is Cc1cccc(S(=O)(=O)CC2CCC(C)(C)O2)c1N. The highest BCUT2D eigenvalue weighted by molar-refractivity contribution is 7.91. The van der Waals surface area contributed by atoms with Gasteiger partial charge in [0.2, 0.25) is 0 Å². The standard InChI is InChI=1S/C14H21NO3S/c1-10-5-4-6-12(13(10)15)19(16,17)9-11-7-8-14(2,3)18-11/h4-6,11H,7-9,15H2,1-3H3. The number of hydrogen-bond donors (Lipinski definition) is 1. The molecule has 0 amide bonds. The summed E-state index contributed by atoms with van der Waals surface area (Å²) in [6.07, 6.45) is 1.42. The predicted molar refractivity (Wildman–Crippen MR) is 75.8 cm³/mol. The summed E-state index contributed by atoms with van der Waals surface area (Å²) in [4.78, 5) is 0.223.